The Hall–Kier alpha value is -7.52. The highest BCUT2D eigenvalue weighted by atomic mass is 28.3. The normalized spacial score (nSPS) is 12.5. The van der Waals surface area contributed by atoms with E-state index in [9.17, 15) is 0 Å². The molecule has 0 atom stereocenters. The van der Waals surface area contributed by atoms with Gasteiger partial charge in [0.05, 0.1) is 0 Å². The molecule has 11 rings (SSSR count). The lowest BCUT2D eigenvalue weighted by Crippen LogP contribution is -2.73. The van der Waals surface area contributed by atoms with E-state index in [1.807, 2.05) is 0 Å². The van der Waals surface area contributed by atoms with Crippen molar-refractivity contribution >= 4 is 56.7 Å². The lowest BCUT2D eigenvalue weighted by atomic mass is 9.98. The minimum atomic E-state index is -2.74. The zero-order chi connectivity index (χ0) is 39.9. The zero-order valence-corrected chi connectivity index (χ0v) is 34.1. The fourth-order valence-electron chi connectivity index (χ4n) is 9.56. The largest absolute Gasteiger partial charge is 0.311 e. The summed E-state index contributed by atoms with van der Waals surface area (Å²) in [5.74, 6) is 0. The topological polar surface area (TPSA) is 3.24 Å². The Morgan fingerprint density at radius 3 is 1.17 bits per heavy atom. The molecule has 0 saturated carbocycles. The van der Waals surface area contributed by atoms with Gasteiger partial charge in [-0.15, -0.1) is 0 Å². The minimum Gasteiger partial charge on any atom is -0.311 e. The molecule has 0 saturated heterocycles. The molecule has 1 aliphatic heterocycles. The van der Waals surface area contributed by atoms with Crippen LogP contribution < -0.4 is 25.6 Å². The Labute approximate surface area is 353 Å². The molecular weight excluding hydrogens is 739 g/mol. The van der Waals surface area contributed by atoms with Crippen LogP contribution in [0.2, 0.25) is 0 Å². The number of benzene rings is 10. The highest BCUT2D eigenvalue weighted by molar-refractivity contribution is 7.23. The van der Waals surface area contributed by atoms with Gasteiger partial charge in [0.2, 0.25) is 0 Å². The summed E-state index contributed by atoms with van der Waals surface area (Å²) < 4.78 is 0. The van der Waals surface area contributed by atoms with Gasteiger partial charge in [0, 0.05) is 17.1 Å². The number of hydrogen-bond acceptors (Lipinski definition) is 1. The average Bonchev–Trinajstić information content (AvgIpc) is 3.64. The molecule has 10 aromatic rings. The Balaban J connectivity index is 1.03. The van der Waals surface area contributed by atoms with E-state index in [1.54, 1.807) is 0 Å². The predicted octanol–water partition coefficient (Wildman–Crippen LogP) is 12.7. The molecule has 60 heavy (non-hydrogen) atoms. The van der Waals surface area contributed by atoms with Crippen LogP contribution in [0, 0.1) is 0 Å². The lowest BCUT2D eigenvalue weighted by Gasteiger charge is -2.32. The Bertz CT molecular complexity index is 2970. The van der Waals surface area contributed by atoms with Crippen LogP contribution in [0.15, 0.2) is 249 Å². The maximum Gasteiger partial charge on any atom is 0.181 e. The molecule has 0 N–H and O–H groups in total. The van der Waals surface area contributed by atoms with E-state index in [4.69, 9.17) is 0 Å². The van der Waals surface area contributed by atoms with Crippen molar-refractivity contribution in [3.8, 4) is 44.5 Å². The molecular formula is C58H41NSi. The third-order valence-corrected chi connectivity index (χ3v) is 17.3. The summed E-state index contributed by atoms with van der Waals surface area (Å²) in [7, 11) is -2.74. The molecule has 1 aliphatic rings. The molecule has 0 fully saturated rings. The summed E-state index contributed by atoms with van der Waals surface area (Å²) in [6.07, 6.45) is 0. The first-order valence-electron chi connectivity index (χ1n) is 20.8. The maximum absolute atomic E-state index is 2.74. The first kappa shape index (κ1) is 35.6. The molecule has 2 heteroatoms. The maximum atomic E-state index is 2.52. The second-order valence-electron chi connectivity index (χ2n) is 15.7. The van der Waals surface area contributed by atoms with Gasteiger partial charge in [-0.25, -0.2) is 0 Å². The molecule has 0 bridgehead atoms. The molecule has 0 unspecified atom stereocenters. The second kappa shape index (κ2) is 15.0. The van der Waals surface area contributed by atoms with Crippen LogP contribution in [-0.2, 0) is 0 Å². The van der Waals surface area contributed by atoms with Crippen molar-refractivity contribution < 1.29 is 0 Å². The number of fused-ring (bicyclic) bond motifs is 5. The molecule has 0 aliphatic carbocycles. The van der Waals surface area contributed by atoms with Gasteiger partial charge in [0.15, 0.2) is 8.07 Å². The highest BCUT2D eigenvalue weighted by Crippen LogP contribution is 2.39. The molecule has 0 radical (unpaired) electrons. The van der Waals surface area contributed by atoms with Crippen LogP contribution >= 0.6 is 0 Å². The monoisotopic (exact) mass is 779 g/mol. The Morgan fingerprint density at radius 2 is 0.667 bits per heavy atom. The van der Waals surface area contributed by atoms with E-state index < -0.39 is 8.07 Å². The van der Waals surface area contributed by atoms with Gasteiger partial charge >= 0.3 is 0 Å². The second-order valence-corrected chi connectivity index (χ2v) is 19.4. The first-order chi connectivity index (χ1) is 29.8. The fraction of sp³-hybridized carbons (Fsp3) is 0. The molecule has 10 aromatic carbocycles. The van der Waals surface area contributed by atoms with Gasteiger partial charge in [-0.3, -0.25) is 0 Å². The van der Waals surface area contributed by atoms with Crippen LogP contribution in [0.4, 0.5) is 17.1 Å². The summed E-state index contributed by atoms with van der Waals surface area (Å²) in [4.78, 5) is 2.36. The molecule has 1 heterocycles. The summed E-state index contributed by atoms with van der Waals surface area (Å²) in [5, 5.41) is 8.40. The van der Waals surface area contributed by atoms with Gasteiger partial charge in [-0.2, -0.15) is 0 Å². The lowest BCUT2D eigenvalue weighted by molar-refractivity contribution is 1.28. The molecule has 0 aromatic heterocycles. The van der Waals surface area contributed by atoms with Crippen LogP contribution in [-0.4, -0.2) is 8.07 Å². The zero-order valence-electron chi connectivity index (χ0n) is 33.1. The molecule has 0 amide bonds. The highest BCUT2D eigenvalue weighted by Gasteiger charge is 2.49. The van der Waals surface area contributed by atoms with Gasteiger partial charge in [-0.1, -0.05) is 212 Å². The number of hydrogen-bond donors (Lipinski definition) is 0. The smallest absolute Gasteiger partial charge is 0.181 e. The fourth-order valence-corrected chi connectivity index (χ4v) is 15.0. The van der Waals surface area contributed by atoms with E-state index in [-0.39, 0.29) is 0 Å². The number of nitrogens with zero attached hydrogens (tertiary/aromatic N) is 1. The van der Waals surface area contributed by atoms with Crippen LogP contribution in [0.1, 0.15) is 0 Å². The van der Waals surface area contributed by atoms with E-state index in [2.05, 4.69) is 254 Å². The average molecular weight is 780 g/mol. The molecule has 282 valence electrons. The van der Waals surface area contributed by atoms with Crippen molar-refractivity contribution in [2.75, 3.05) is 4.90 Å². The molecule has 0 spiro atoms. The van der Waals surface area contributed by atoms with E-state index in [1.165, 1.54) is 76.0 Å². The van der Waals surface area contributed by atoms with Crippen molar-refractivity contribution in [2.45, 2.75) is 0 Å². The van der Waals surface area contributed by atoms with E-state index >= 15 is 0 Å². The molecule has 1 nitrogen and oxygen atoms in total. The van der Waals surface area contributed by atoms with E-state index in [0.717, 1.165) is 17.1 Å². The summed E-state index contributed by atoms with van der Waals surface area (Å²) in [6.45, 7) is 0. The quantitative estimate of drug-likeness (QED) is 0.139. The van der Waals surface area contributed by atoms with Crippen molar-refractivity contribution in [2.24, 2.45) is 0 Å². The van der Waals surface area contributed by atoms with Crippen LogP contribution in [0.5, 0.6) is 0 Å². The summed E-state index contributed by atoms with van der Waals surface area (Å²) in [5.41, 5.74) is 13.3. The number of rotatable bonds is 8. The van der Waals surface area contributed by atoms with Crippen molar-refractivity contribution in [3.63, 3.8) is 0 Å². The van der Waals surface area contributed by atoms with Crippen molar-refractivity contribution in [1.82, 2.24) is 0 Å². The first-order valence-corrected chi connectivity index (χ1v) is 22.8. The Morgan fingerprint density at radius 1 is 0.283 bits per heavy atom. The van der Waals surface area contributed by atoms with Gasteiger partial charge in [0.25, 0.3) is 0 Å². The minimum absolute atomic E-state index is 1.11. The van der Waals surface area contributed by atoms with Gasteiger partial charge in [-0.05, 0) is 112 Å². The van der Waals surface area contributed by atoms with Crippen LogP contribution in [0.25, 0.3) is 55.3 Å². The number of anilines is 3. The van der Waals surface area contributed by atoms with E-state index in [0.29, 0.717) is 0 Å². The van der Waals surface area contributed by atoms with Gasteiger partial charge in [0.1, 0.15) is 0 Å². The summed E-state index contributed by atoms with van der Waals surface area (Å²) >= 11 is 0. The van der Waals surface area contributed by atoms with Crippen molar-refractivity contribution in [1.29, 1.82) is 0 Å². The SMILES string of the molecule is c1ccc(-c2ccc(N(c3ccc(-c4ccccc4)cc3)c3ccc(-c4ccc5c(c4)[Si](c4ccccc4)(c4ccccc4)c4c-5ccc5ccccc45)cc3)cc2)cc1. The summed E-state index contributed by atoms with van der Waals surface area (Å²) in [6, 6.07) is 91.7. The third kappa shape index (κ3) is 6.00. The van der Waals surface area contributed by atoms with Gasteiger partial charge < -0.3 is 4.90 Å². The Kier molecular flexibility index (Phi) is 8.91. The predicted molar refractivity (Wildman–Crippen MR) is 258 cm³/mol. The third-order valence-electron chi connectivity index (χ3n) is 12.4. The van der Waals surface area contributed by atoms with Crippen LogP contribution in [0.3, 0.4) is 0 Å². The standard InChI is InChI=1S/C58H41NSi/c1-5-15-42(16-6-1)44-25-33-49(34-26-44)59(50-35-27-45(28-36-50)43-17-7-2-8-18-43)51-37-29-46(30-38-51)48-32-39-55-56-40-31-47-19-13-14-24-54(47)58(56)60(57(55)41-48,52-20-9-3-10-21-52)53-22-11-4-12-23-53/h1-41H. The van der Waals surface area contributed by atoms with Crippen molar-refractivity contribution in [3.05, 3.63) is 249 Å².